The standard InChI is InChI=1S/C28H26N4O2/c33-27(19-4-2-1-3-5-19)29-22-12-13-23-25(16-22)31-26(30-23)18-8-10-20(11-9-18)28(34)32-24-15-17-6-7-21(24)14-17/h1-5,8-13,16-17,21,24H,6-7,14-15H2,(H,29,33)(H,30,31)(H,32,34). The molecule has 3 N–H and O–H groups in total. The van der Waals surface area contributed by atoms with E-state index in [-0.39, 0.29) is 11.8 Å². The van der Waals surface area contributed by atoms with Crippen LogP contribution in [-0.2, 0) is 0 Å². The summed E-state index contributed by atoms with van der Waals surface area (Å²) in [5.74, 6) is 2.04. The zero-order chi connectivity index (χ0) is 23.1. The first-order valence-electron chi connectivity index (χ1n) is 11.9. The summed E-state index contributed by atoms with van der Waals surface area (Å²) in [7, 11) is 0. The fourth-order valence-electron chi connectivity index (χ4n) is 5.47. The molecule has 6 nitrogen and oxygen atoms in total. The Morgan fingerprint density at radius 2 is 1.65 bits per heavy atom. The molecule has 3 unspecified atom stereocenters. The van der Waals surface area contributed by atoms with E-state index >= 15 is 0 Å². The maximum Gasteiger partial charge on any atom is 0.255 e. The van der Waals surface area contributed by atoms with E-state index < -0.39 is 0 Å². The third kappa shape index (κ3) is 3.96. The average molecular weight is 451 g/mol. The predicted molar refractivity (Wildman–Crippen MR) is 133 cm³/mol. The van der Waals surface area contributed by atoms with Gasteiger partial charge in [-0.1, -0.05) is 36.8 Å². The van der Waals surface area contributed by atoms with Crippen LogP contribution in [0.1, 0.15) is 46.4 Å². The van der Waals surface area contributed by atoms with Crippen molar-refractivity contribution < 1.29 is 9.59 Å². The van der Waals surface area contributed by atoms with Gasteiger partial charge in [0.25, 0.3) is 11.8 Å². The summed E-state index contributed by atoms with van der Waals surface area (Å²) in [6.45, 7) is 0. The third-order valence-electron chi connectivity index (χ3n) is 7.25. The first-order valence-corrected chi connectivity index (χ1v) is 11.9. The van der Waals surface area contributed by atoms with Gasteiger partial charge in [0, 0.05) is 28.4 Å². The summed E-state index contributed by atoms with van der Waals surface area (Å²) >= 11 is 0. The highest BCUT2D eigenvalue weighted by Crippen LogP contribution is 2.44. The highest BCUT2D eigenvalue weighted by molar-refractivity contribution is 6.05. The molecule has 2 amide bonds. The maximum atomic E-state index is 12.7. The van der Waals surface area contributed by atoms with Gasteiger partial charge in [-0.25, -0.2) is 4.98 Å². The molecule has 3 aromatic carbocycles. The molecule has 0 spiro atoms. The first-order chi connectivity index (χ1) is 16.6. The van der Waals surface area contributed by atoms with Crippen LogP contribution >= 0.6 is 0 Å². The number of fused-ring (bicyclic) bond motifs is 3. The number of carbonyl (C=O) groups excluding carboxylic acids is 2. The minimum absolute atomic E-state index is 0.00695. The van der Waals surface area contributed by atoms with E-state index in [4.69, 9.17) is 0 Å². The first kappa shape index (κ1) is 20.7. The molecule has 34 heavy (non-hydrogen) atoms. The molecule has 3 atom stereocenters. The quantitative estimate of drug-likeness (QED) is 0.380. The van der Waals surface area contributed by atoms with E-state index in [9.17, 15) is 9.59 Å². The van der Waals surface area contributed by atoms with Gasteiger partial charge in [-0.15, -0.1) is 0 Å². The molecule has 2 saturated carbocycles. The van der Waals surface area contributed by atoms with Crippen molar-refractivity contribution >= 4 is 28.5 Å². The Kier molecular flexibility index (Phi) is 5.13. The topological polar surface area (TPSA) is 86.9 Å². The van der Waals surface area contributed by atoms with E-state index in [0.717, 1.165) is 34.8 Å². The summed E-state index contributed by atoms with van der Waals surface area (Å²) < 4.78 is 0. The van der Waals surface area contributed by atoms with Crippen molar-refractivity contribution in [3.63, 3.8) is 0 Å². The molecule has 1 heterocycles. The second-order valence-corrected chi connectivity index (χ2v) is 9.47. The van der Waals surface area contributed by atoms with Crippen LogP contribution in [-0.4, -0.2) is 27.8 Å². The molecule has 170 valence electrons. The van der Waals surface area contributed by atoms with Crippen molar-refractivity contribution in [1.29, 1.82) is 0 Å². The lowest BCUT2D eigenvalue weighted by atomic mass is 9.95. The largest absolute Gasteiger partial charge is 0.349 e. The number of carbonyl (C=O) groups is 2. The number of aromatic amines is 1. The second-order valence-electron chi connectivity index (χ2n) is 9.47. The Balaban J connectivity index is 1.16. The highest BCUT2D eigenvalue weighted by atomic mass is 16.2. The average Bonchev–Trinajstić information content (AvgIpc) is 3.60. The minimum Gasteiger partial charge on any atom is -0.349 e. The van der Waals surface area contributed by atoms with Gasteiger partial charge >= 0.3 is 0 Å². The number of benzene rings is 3. The molecule has 0 radical (unpaired) electrons. The van der Waals surface area contributed by atoms with Gasteiger partial charge in [-0.3, -0.25) is 9.59 Å². The van der Waals surface area contributed by atoms with Crippen LogP contribution in [0.15, 0.2) is 72.8 Å². The van der Waals surface area contributed by atoms with Gasteiger partial charge in [0.2, 0.25) is 0 Å². The summed E-state index contributed by atoms with van der Waals surface area (Å²) in [4.78, 5) is 33.2. The van der Waals surface area contributed by atoms with Crippen molar-refractivity contribution in [3.05, 3.63) is 83.9 Å². The molecular weight excluding hydrogens is 424 g/mol. The summed E-state index contributed by atoms with van der Waals surface area (Å²) in [6.07, 6.45) is 4.97. The van der Waals surface area contributed by atoms with E-state index in [1.54, 1.807) is 12.1 Å². The number of nitrogens with one attached hydrogen (secondary N) is 3. The molecule has 2 bridgehead atoms. The normalized spacial score (nSPS) is 21.0. The van der Waals surface area contributed by atoms with Gasteiger partial charge in [0.1, 0.15) is 5.82 Å². The van der Waals surface area contributed by atoms with Crippen molar-refractivity contribution in [3.8, 4) is 11.4 Å². The highest BCUT2D eigenvalue weighted by Gasteiger charge is 2.40. The van der Waals surface area contributed by atoms with Crippen LogP contribution in [0.2, 0.25) is 0 Å². The molecule has 2 aliphatic carbocycles. The van der Waals surface area contributed by atoms with Gasteiger partial charge in [0.15, 0.2) is 0 Å². The van der Waals surface area contributed by atoms with Crippen molar-refractivity contribution in [2.45, 2.75) is 31.7 Å². The molecule has 2 aliphatic rings. The lowest BCUT2D eigenvalue weighted by molar-refractivity contribution is 0.0922. The molecule has 6 rings (SSSR count). The fourth-order valence-corrected chi connectivity index (χ4v) is 5.47. The zero-order valence-electron chi connectivity index (χ0n) is 18.8. The van der Waals surface area contributed by atoms with Crippen LogP contribution in [0.4, 0.5) is 5.69 Å². The monoisotopic (exact) mass is 450 g/mol. The Bertz CT molecular complexity index is 1360. The Labute approximate surface area is 197 Å². The van der Waals surface area contributed by atoms with Gasteiger partial charge in [-0.05, 0) is 73.6 Å². The van der Waals surface area contributed by atoms with E-state index in [1.807, 2.05) is 60.7 Å². The summed E-state index contributed by atoms with van der Waals surface area (Å²) in [5, 5.41) is 6.17. The zero-order valence-corrected chi connectivity index (χ0v) is 18.8. The number of anilines is 1. The lowest BCUT2D eigenvalue weighted by Crippen LogP contribution is -2.38. The van der Waals surface area contributed by atoms with Gasteiger partial charge in [0.05, 0.1) is 11.0 Å². The van der Waals surface area contributed by atoms with Crippen LogP contribution < -0.4 is 10.6 Å². The molecule has 0 aliphatic heterocycles. The number of imidazole rings is 1. The number of amides is 2. The van der Waals surface area contributed by atoms with Crippen molar-refractivity contribution in [2.24, 2.45) is 11.8 Å². The number of nitrogens with zero attached hydrogens (tertiary/aromatic N) is 1. The minimum atomic E-state index is -0.154. The molecule has 6 heteroatoms. The number of hydrogen-bond acceptors (Lipinski definition) is 3. The number of aromatic nitrogens is 2. The van der Waals surface area contributed by atoms with Crippen LogP contribution in [0.5, 0.6) is 0 Å². The van der Waals surface area contributed by atoms with Gasteiger partial charge in [-0.2, -0.15) is 0 Å². The lowest BCUT2D eigenvalue weighted by Gasteiger charge is -2.22. The van der Waals surface area contributed by atoms with Crippen molar-refractivity contribution in [1.82, 2.24) is 15.3 Å². The Morgan fingerprint density at radius 1 is 0.853 bits per heavy atom. The summed E-state index contributed by atoms with van der Waals surface area (Å²) in [5.41, 5.74) is 4.53. The second kappa shape index (κ2) is 8.45. The molecule has 1 aromatic heterocycles. The summed E-state index contributed by atoms with van der Waals surface area (Å²) in [6, 6.07) is 22.6. The van der Waals surface area contributed by atoms with Crippen LogP contribution in [0.3, 0.4) is 0 Å². The molecule has 2 fully saturated rings. The SMILES string of the molecule is O=C(Nc1ccc2nc(-c3ccc(C(=O)NC4CC5CCC4C5)cc3)[nH]c2c1)c1ccccc1. The Hall–Kier alpha value is -3.93. The van der Waals surface area contributed by atoms with Crippen molar-refractivity contribution in [2.75, 3.05) is 5.32 Å². The Morgan fingerprint density at radius 3 is 2.38 bits per heavy atom. The number of hydrogen-bond donors (Lipinski definition) is 3. The third-order valence-corrected chi connectivity index (χ3v) is 7.25. The molecule has 0 saturated heterocycles. The van der Waals surface area contributed by atoms with E-state index in [0.29, 0.717) is 28.8 Å². The van der Waals surface area contributed by atoms with E-state index in [1.165, 1.54) is 19.3 Å². The molecule has 4 aromatic rings. The molecular formula is C28H26N4O2. The smallest absolute Gasteiger partial charge is 0.255 e. The van der Waals surface area contributed by atoms with E-state index in [2.05, 4.69) is 20.6 Å². The number of H-pyrrole nitrogens is 1. The fraction of sp³-hybridized carbons (Fsp3) is 0.250. The van der Waals surface area contributed by atoms with Crippen LogP contribution in [0.25, 0.3) is 22.4 Å². The maximum absolute atomic E-state index is 12.7. The van der Waals surface area contributed by atoms with Crippen LogP contribution in [0, 0.1) is 11.8 Å². The van der Waals surface area contributed by atoms with Gasteiger partial charge < -0.3 is 15.6 Å². The predicted octanol–water partition coefficient (Wildman–Crippen LogP) is 5.40. The number of rotatable bonds is 5.